The van der Waals surface area contributed by atoms with Gasteiger partial charge in [0.15, 0.2) is 0 Å². The standard InChI is InChI=1S/C15H25N3O/c1-5-6-17-14(15(16)19)10-18(4)13-8-11(2)7-12(3)9-13/h7-9,14,17H,5-6,10H2,1-4H3,(H2,16,19). The molecule has 3 N–H and O–H groups in total. The number of carbonyl (C=O) groups excluding carboxylic acids is 1. The molecule has 0 aromatic heterocycles. The molecule has 106 valence electrons. The van der Waals surface area contributed by atoms with Gasteiger partial charge in [-0.2, -0.15) is 0 Å². The number of hydrogen-bond donors (Lipinski definition) is 2. The third-order valence-electron chi connectivity index (χ3n) is 3.09. The van der Waals surface area contributed by atoms with Crippen molar-refractivity contribution in [2.45, 2.75) is 33.2 Å². The highest BCUT2D eigenvalue weighted by atomic mass is 16.1. The molecule has 4 heteroatoms. The number of carbonyl (C=O) groups is 1. The molecule has 1 atom stereocenters. The van der Waals surface area contributed by atoms with E-state index < -0.39 is 0 Å². The van der Waals surface area contributed by atoms with Crippen molar-refractivity contribution in [2.75, 3.05) is 25.0 Å². The van der Waals surface area contributed by atoms with Crippen LogP contribution in [0.25, 0.3) is 0 Å². The van der Waals surface area contributed by atoms with Crippen LogP contribution in [0.2, 0.25) is 0 Å². The van der Waals surface area contributed by atoms with E-state index in [0.717, 1.165) is 18.7 Å². The number of benzene rings is 1. The summed E-state index contributed by atoms with van der Waals surface area (Å²) in [5, 5.41) is 3.18. The van der Waals surface area contributed by atoms with E-state index in [-0.39, 0.29) is 11.9 Å². The van der Waals surface area contributed by atoms with E-state index in [4.69, 9.17) is 5.73 Å². The first kappa shape index (κ1) is 15.5. The largest absolute Gasteiger partial charge is 0.372 e. The Labute approximate surface area is 116 Å². The highest BCUT2D eigenvalue weighted by Gasteiger charge is 2.17. The smallest absolute Gasteiger partial charge is 0.236 e. The molecule has 0 aliphatic rings. The van der Waals surface area contributed by atoms with Gasteiger partial charge in [0.05, 0.1) is 0 Å². The molecule has 0 aliphatic heterocycles. The molecule has 19 heavy (non-hydrogen) atoms. The molecule has 0 bridgehead atoms. The van der Waals surface area contributed by atoms with Crippen LogP contribution in [0.4, 0.5) is 5.69 Å². The van der Waals surface area contributed by atoms with Crippen LogP contribution in [0.1, 0.15) is 24.5 Å². The summed E-state index contributed by atoms with van der Waals surface area (Å²) in [4.78, 5) is 13.5. The molecule has 1 aromatic rings. The predicted octanol–water partition coefficient (Wildman–Crippen LogP) is 1.59. The summed E-state index contributed by atoms with van der Waals surface area (Å²) in [5.41, 5.74) is 8.99. The van der Waals surface area contributed by atoms with Crippen LogP contribution in [0.15, 0.2) is 18.2 Å². The second-order valence-corrected chi connectivity index (χ2v) is 5.14. The van der Waals surface area contributed by atoms with Gasteiger partial charge in [0.1, 0.15) is 6.04 Å². The molecule has 1 rings (SSSR count). The van der Waals surface area contributed by atoms with Crippen molar-refractivity contribution >= 4 is 11.6 Å². The second kappa shape index (κ2) is 7.14. The van der Waals surface area contributed by atoms with Crippen molar-refractivity contribution in [1.82, 2.24) is 5.32 Å². The number of aryl methyl sites for hydroxylation is 2. The van der Waals surface area contributed by atoms with E-state index >= 15 is 0 Å². The Morgan fingerprint density at radius 1 is 1.32 bits per heavy atom. The third kappa shape index (κ3) is 4.91. The Kier molecular flexibility index (Phi) is 5.83. The summed E-state index contributed by atoms with van der Waals surface area (Å²) < 4.78 is 0. The summed E-state index contributed by atoms with van der Waals surface area (Å²) in [6.45, 7) is 7.60. The molecule has 0 aliphatic carbocycles. The van der Waals surface area contributed by atoms with Gasteiger partial charge in [0.2, 0.25) is 5.91 Å². The van der Waals surface area contributed by atoms with Crippen LogP contribution in [-0.2, 0) is 4.79 Å². The number of amides is 1. The van der Waals surface area contributed by atoms with Gasteiger partial charge in [-0.3, -0.25) is 4.79 Å². The number of primary amides is 1. The van der Waals surface area contributed by atoms with Crippen molar-refractivity contribution in [1.29, 1.82) is 0 Å². The van der Waals surface area contributed by atoms with E-state index in [1.54, 1.807) is 0 Å². The van der Waals surface area contributed by atoms with Gasteiger partial charge < -0.3 is 16.0 Å². The molecule has 0 saturated heterocycles. The van der Waals surface area contributed by atoms with Crippen LogP contribution in [0.5, 0.6) is 0 Å². The van der Waals surface area contributed by atoms with E-state index in [1.165, 1.54) is 11.1 Å². The maximum Gasteiger partial charge on any atom is 0.236 e. The molecule has 1 unspecified atom stereocenters. The first-order chi connectivity index (χ1) is 8.93. The second-order valence-electron chi connectivity index (χ2n) is 5.14. The lowest BCUT2D eigenvalue weighted by molar-refractivity contribution is -0.119. The minimum atomic E-state index is -0.314. The van der Waals surface area contributed by atoms with Gasteiger partial charge in [0.25, 0.3) is 0 Å². The third-order valence-corrected chi connectivity index (χ3v) is 3.09. The number of anilines is 1. The fourth-order valence-electron chi connectivity index (χ4n) is 2.12. The molecule has 0 saturated carbocycles. The van der Waals surface area contributed by atoms with Gasteiger partial charge in [-0.1, -0.05) is 13.0 Å². The number of likely N-dealkylation sites (N-methyl/N-ethyl adjacent to an activating group) is 1. The van der Waals surface area contributed by atoms with Crippen molar-refractivity contribution in [2.24, 2.45) is 5.73 Å². The quantitative estimate of drug-likeness (QED) is 0.785. The number of rotatable bonds is 7. The first-order valence-corrected chi connectivity index (χ1v) is 6.76. The Balaban J connectivity index is 2.75. The van der Waals surface area contributed by atoms with Crippen LogP contribution in [0.3, 0.4) is 0 Å². The van der Waals surface area contributed by atoms with Crippen molar-refractivity contribution in [3.63, 3.8) is 0 Å². The fraction of sp³-hybridized carbons (Fsp3) is 0.533. The molecule has 0 heterocycles. The Morgan fingerprint density at radius 3 is 2.37 bits per heavy atom. The van der Waals surface area contributed by atoms with Crippen LogP contribution < -0.4 is 16.0 Å². The lowest BCUT2D eigenvalue weighted by Gasteiger charge is -2.25. The van der Waals surface area contributed by atoms with E-state index in [0.29, 0.717) is 6.54 Å². The SMILES string of the molecule is CCCNC(CN(C)c1cc(C)cc(C)c1)C(N)=O. The fourth-order valence-corrected chi connectivity index (χ4v) is 2.12. The van der Waals surface area contributed by atoms with E-state index in [1.807, 2.05) is 7.05 Å². The lowest BCUT2D eigenvalue weighted by Crippen LogP contribution is -2.48. The number of nitrogens with two attached hydrogens (primary N) is 1. The molecular formula is C15H25N3O. The maximum absolute atomic E-state index is 11.4. The van der Waals surface area contributed by atoms with Gasteiger partial charge in [-0.15, -0.1) is 0 Å². The maximum atomic E-state index is 11.4. The van der Waals surface area contributed by atoms with Crippen molar-refractivity contribution in [3.8, 4) is 0 Å². The Hall–Kier alpha value is -1.55. The highest BCUT2D eigenvalue weighted by Crippen LogP contribution is 2.17. The molecule has 0 fully saturated rings. The van der Waals surface area contributed by atoms with Crippen molar-refractivity contribution in [3.05, 3.63) is 29.3 Å². The lowest BCUT2D eigenvalue weighted by atomic mass is 10.1. The average Bonchev–Trinajstić information content (AvgIpc) is 2.32. The first-order valence-electron chi connectivity index (χ1n) is 6.76. The Bertz CT molecular complexity index is 411. The number of nitrogens with zero attached hydrogens (tertiary/aromatic N) is 1. The van der Waals surface area contributed by atoms with Crippen LogP contribution >= 0.6 is 0 Å². The monoisotopic (exact) mass is 263 g/mol. The molecule has 4 nitrogen and oxygen atoms in total. The summed E-state index contributed by atoms with van der Waals surface area (Å²) in [5.74, 6) is -0.301. The molecule has 1 aromatic carbocycles. The van der Waals surface area contributed by atoms with Crippen LogP contribution in [-0.4, -0.2) is 32.1 Å². The normalized spacial score (nSPS) is 12.2. The number of nitrogens with one attached hydrogen (secondary N) is 1. The number of hydrogen-bond acceptors (Lipinski definition) is 3. The van der Waals surface area contributed by atoms with Gasteiger partial charge >= 0.3 is 0 Å². The molecule has 0 radical (unpaired) electrons. The Morgan fingerprint density at radius 2 is 1.89 bits per heavy atom. The molecule has 0 spiro atoms. The van der Waals surface area contributed by atoms with E-state index in [9.17, 15) is 4.79 Å². The van der Waals surface area contributed by atoms with Gasteiger partial charge in [0, 0.05) is 19.3 Å². The topological polar surface area (TPSA) is 58.4 Å². The summed E-state index contributed by atoms with van der Waals surface area (Å²) >= 11 is 0. The summed E-state index contributed by atoms with van der Waals surface area (Å²) in [7, 11) is 1.98. The zero-order valence-corrected chi connectivity index (χ0v) is 12.4. The minimum absolute atomic E-state index is 0.301. The van der Waals surface area contributed by atoms with Gasteiger partial charge in [-0.25, -0.2) is 0 Å². The summed E-state index contributed by atoms with van der Waals surface area (Å²) in [6, 6.07) is 6.05. The van der Waals surface area contributed by atoms with Crippen molar-refractivity contribution < 1.29 is 4.79 Å². The highest BCUT2D eigenvalue weighted by molar-refractivity contribution is 5.80. The molecular weight excluding hydrogens is 238 g/mol. The van der Waals surface area contributed by atoms with Crippen LogP contribution in [0, 0.1) is 13.8 Å². The molecule has 1 amide bonds. The zero-order chi connectivity index (χ0) is 14.4. The van der Waals surface area contributed by atoms with Gasteiger partial charge in [-0.05, 0) is 50.1 Å². The van der Waals surface area contributed by atoms with E-state index in [2.05, 4.69) is 49.2 Å². The average molecular weight is 263 g/mol. The zero-order valence-electron chi connectivity index (χ0n) is 12.4. The summed E-state index contributed by atoms with van der Waals surface area (Å²) in [6.07, 6.45) is 0.983. The minimum Gasteiger partial charge on any atom is -0.372 e. The predicted molar refractivity (Wildman–Crippen MR) is 80.5 cm³/mol.